The maximum Gasteiger partial charge on any atom is 0.308 e. The third-order valence-electron chi connectivity index (χ3n) is 2.09. The van der Waals surface area contributed by atoms with Crippen LogP contribution in [0.5, 0.6) is 0 Å². The van der Waals surface area contributed by atoms with E-state index >= 15 is 0 Å². The minimum Gasteiger partial charge on any atom is -0.460 e. The Morgan fingerprint density at radius 3 is 2.75 bits per heavy atom. The first-order chi connectivity index (χ1) is 7.38. The topological polar surface area (TPSA) is 53.9 Å². The SMILES string of the molecule is CN1CCN=C1NCCC(=O)OC(C)(C)C. The molecule has 0 unspecified atom stereocenters. The molecule has 5 nitrogen and oxygen atoms in total. The Kier molecular flexibility index (Phi) is 4.15. The van der Waals surface area contributed by atoms with Crippen molar-refractivity contribution in [1.29, 1.82) is 0 Å². The highest BCUT2D eigenvalue weighted by Gasteiger charge is 2.16. The van der Waals surface area contributed by atoms with Crippen LogP contribution in [0.25, 0.3) is 0 Å². The lowest BCUT2D eigenvalue weighted by Gasteiger charge is -2.20. The monoisotopic (exact) mass is 227 g/mol. The van der Waals surface area contributed by atoms with Gasteiger partial charge in [-0.15, -0.1) is 0 Å². The van der Waals surface area contributed by atoms with Crippen molar-refractivity contribution in [2.24, 2.45) is 4.99 Å². The summed E-state index contributed by atoms with van der Waals surface area (Å²) in [6.45, 7) is 7.94. The Hall–Kier alpha value is -1.26. The molecule has 1 aliphatic rings. The van der Waals surface area contributed by atoms with Crippen LogP contribution < -0.4 is 5.32 Å². The first-order valence-corrected chi connectivity index (χ1v) is 5.60. The summed E-state index contributed by atoms with van der Waals surface area (Å²) in [6, 6.07) is 0. The number of nitrogens with one attached hydrogen (secondary N) is 1. The maximum atomic E-state index is 11.4. The standard InChI is InChI=1S/C11H21N3O2/c1-11(2,3)16-9(15)5-6-12-10-13-7-8-14(10)4/h5-8H2,1-4H3,(H,12,13). The molecule has 0 amide bonds. The van der Waals surface area contributed by atoms with Crippen LogP contribution >= 0.6 is 0 Å². The summed E-state index contributed by atoms with van der Waals surface area (Å²) in [5.41, 5.74) is -0.404. The molecule has 1 heterocycles. The van der Waals surface area contributed by atoms with Crippen molar-refractivity contribution in [2.45, 2.75) is 32.8 Å². The molecule has 0 aliphatic carbocycles. The Balaban J connectivity index is 2.18. The first kappa shape index (κ1) is 12.8. The number of nitrogens with zero attached hydrogens (tertiary/aromatic N) is 2. The maximum absolute atomic E-state index is 11.4. The molecule has 0 radical (unpaired) electrons. The predicted molar refractivity (Wildman–Crippen MR) is 63.4 cm³/mol. The fourth-order valence-corrected chi connectivity index (χ4v) is 1.39. The average Bonchev–Trinajstić information content (AvgIpc) is 2.48. The third-order valence-corrected chi connectivity index (χ3v) is 2.09. The van der Waals surface area contributed by atoms with Gasteiger partial charge in [0.2, 0.25) is 0 Å². The van der Waals surface area contributed by atoms with Gasteiger partial charge in [0.25, 0.3) is 0 Å². The number of rotatable bonds is 3. The van der Waals surface area contributed by atoms with Gasteiger partial charge in [-0.2, -0.15) is 0 Å². The Bertz CT molecular complexity index is 281. The molecule has 92 valence electrons. The first-order valence-electron chi connectivity index (χ1n) is 5.60. The van der Waals surface area contributed by atoms with E-state index in [1.54, 1.807) is 0 Å². The van der Waals surface area contributed by atoms with Crippen molar-refractivity contribution in [3.05, 3.63) is 0 Å². The molecule has 16 heavy (non-hydrogen) atoms. The molecular formula is C11H21N3O2. The second-order valence-corrected chi connectivity index (χ2v) is 4.89. The van der Waals surface area contributed by atoms with Gasteiger partial charge in [-0.1, -0.05) is 0 Å². The molecule has 0 spiro atoms. The van der Waals surface area contributed by atoms with E-state index in [2.05, 4.69) is 10.3 Å². The molecular weight excluding hydrogens is 206 g/mol. The number of likely N-dealkylation sites (N-methyl/N-ethyl adjacent to an activating group) is 1. The molecule has 1 N–H and O–H groups in total. The molecule has 5 heteroatoms. The average molecular weight is 227 g/mol. The van der Waals surface area contributed by atoms with Gasteiger partial charge in [0.05, 0.1) is 13.0 Å². The summed E-state index contributed by atoms with van der Waals surface area (Å²) in [6.07, 6.45) is 0.365. The van der Waals surface area contributed by atoms with Crippen LogP contribution in [0.1, 0.15) is 27.2 Å². The number of guanidine groups is 1. The molecule has 0 saturated heterocycles. The summed E-state index contributed by atoms with van der Waals surface area (Å²) in [4.78, 5) is 17.7. The van der Waals surface area contributed by atoms with Gasteiger partial charge in [-0.3, -0.25) is 9.79 Å². The van der Waals surface area contributed by atoms with Crippen molar-refractivity contribution in [2.75, 3.05) is 26.7 Å². The molecule has 0 aromatic heterocycles. The minimum absolute atomic E-state index is 0.179. The molecule has 0 aromatic carbocycles. The van der Waals surface area contributed by atoms with Crippen LogP contribution in [-0.2, 0) is 9.53 Å². The molecule has 1 aliphatic heterocycles. The highest BCUT2D eigenvalue weighted by molar-refractivity contribution is 5.81. The lowest BCUT2D eigenvalue weighted by molar-refractivity contribution is -0.154. The van der Waals surface area contributed by atoms with Crippen LogP contribution in [0, 0.1) is 0 Å². The smallest absolute Gasteiger partial charge is 0.308 e. The number of carbonyl (C=O) groups is 1. The lowest BCUT2D eigenvalue weighted by Crippen LogP contribution is -2.37. The number of hydrogen-bond donors (Lipinski definition) is 1. The fraction of sp³-hybridized carbons (Fsp3) is 0.818. The van der Waals surface area contributed by atoms with Gasteiger partial charge in [-0.05, 0) is 20.8 Å². The minimum atomic E-state index is -0.404. The van der Waals surface area contributed by atoms with Gasteiger partial charge in [0.15, 0.2) is 5.96 Å². The van der Waals surface area contributed by atoms with Crippen LogP contribution in [0.15, 0.2) is 4.99 Å². The van der Waals surface area contributed by atoms with Crippen LogP contribution in [-0.4, -0.2) is 49.1 Å². The van der Waals surface area contributed by atoms with E-state index < -0.39 is 5.60 Å². The molecule has 0 saturated carbocycles. The molecule has 0 atom stereocenters. The summed E-state index contributed by atoms with van der Waals surface area (Å²) in [5.74, 6) is 0.685. The van der Waals surface area contributed by atoms with E-state index in [0.29, 0.717) is 13.0 Å². The summed E-state index contributed by atoms with van der Waals surface area (Å²) in [5, 5.41) is 3.12. The lowest BCUT2D eigenvalue weighted by atomic mass is 10.2. The molecule has 0 fully saturated rings. The summed E-state index contributed by atoms with van der Waals surface area (Å²) in [7, 11) is 1.98. The zero-order chi connectivity index (χ0) is 12.2. The third kappa shape index (κ3) is 4.51. The highest BCUT2D eigenvalue weighted by Crippen LogP contribution is 2.07. The van der Waals surface area contributed by atoms with Crippen LogP contribution in [0.4, 0.5) is 0 Å². The van der Waals surface area contributed by atoms with Crippen molar-refractivity contribution >= 4 is 11.9 Å². The molecule has 1 rings (SSSR count). The van der Waals surface area contributed by atoms with E-state index in [4.69, 9.17) is 4.74 Å². The number of hydrogen-bond acceptors (Lipinski definition) is 5. The number of aliphatic imine (C=N–C) groups is 1. The number of esters is 1. The van der Waals surface area contributed by atoms with E-state index in [-0.39, 0.29) is 5.97 Å². The van der Waals surface area contributed by atoms with Crippen molar-refractivity contribution in [3.8, 4) is 0 Å². The Morgan fingerprint density at radius 2 is 2.25 bits per heavy atom. The number of carbonyl (C=O) groups excluding carboxylic acids is 1. The van der Waals surface area contributed by atoms with Gasteiger partial charge in [0.1, 0.15) is 5.60 Å². The number of ether oxygens (including phenoxy) is 1. The van der Waals surface area contributed by atoms with E-state index in [9.17, 15) is 4.79 Å². The van der Waals surface area contributed by atoms with Gasteiger partial charge < -0.3 is 15.0 Å². The van der Waals surface area contributed by atoms with Crippen molar-refractivity contribution in [1.82, 2.24) is 10.2 Å². The van der Waals surface area contributed by atoms with Crippen molar-refractivity contribution in [3.63, 3.8) is 0 Å². The normalized spacial score (nSPS) is 16.0. The van der Waals surface area contributed by atoms with Crippen molar-refractivity contribution < 1.29 is 9.53 Å². The molecule has 0 bridgehead atoms. The summed E-state index contributed by atoms with van der Waals surface area (Å²) < 4.78 is 5.20. The molecule has 0 aromatic rings. The zero-order valence-corrected chi connectivity index (χ0v) is 10.5. The van der Waals surface area contributed by atoms with Crippen LogP contribution in [0.2, 0.25) is 0 Å². The van der Waals surface area contributed by atoms with Gasteiger partial charge in [0, 0.05) is 20.1 Å². The Morgan fingerprint density at radius 1 is 1.56 bits per heavy atom. The predicted octanol–water partition coefficient (Wildman–Crippen LogP) is 0.609. The van der Waals surface area contributed by atoms with E-state index in [0.717, 1.165) is 19.0 Å². The van der Waals surface area contributed by atoms with Crippen LogP contribution in [0.3, 0.4) is 0 Å². The van der Waals surface area contributed by atoms with E-state index in [1.165, 1.54) is 0 Å². The Labute approximate surface area is 96.9 Å². The quantitative estimate of drug-likeness (QED) is 0.718. The zero-order valence-electron chi connectivity index (χ0n) is 10.5. The highest BCUT2D eigenvalue weighted by atomic mass is 16.6. The fourth-order valence-electron chi connectivity index (χ4n) is 1.39. The second kappa shape index (κ2) is 5.18. The van der Waals surface area contributed by atoms with E-state index in [1.807, 2.05) is 32.7 Å². The second-order valence-electron chi connectivity index (χ2n) is 4.89. The van der Waals surface area contributed by atoms with Gasteiger partial charge >= 0.3 is 5.97 Å². The summed E-state index contributed by atoms with van der Waals surface area (Å²) >= 11 is 0. The largest absolute Gasteiger partial charge is 0.460 e. The van der Waals surface area contributed by atoms with Gasteiger partial charge in [-0.25, -0.2) is 0 Å².